The number of ether oxygens (including phenoxy) is 1. The van der Waals surface area contributed by atoms with Gasteiger partial charge in [-0.2, -0.15) is 5.26 Å². The third-order valence-corrected chi connectivity index (χ3v) is 8.07. The molecule has 0 aromatic heterocycles. The summed E-state index contributed by atoms with van der Waals surface area (Å²) in [6.07, 6.45) is 3.92. The van der Waals surface area contributed by atoms with E-state index in [1.54, 1.807) is 6.92 Å². The van der Waals surface area contributed by atoms with Gasteiger partial charge in [-0.25, -0.2) is 8.78 Å². The Morgan fingerprint density at radius 2 is 1.61 bits per heavy atom. The fourth-order valence-electron chi connectivity index (χ4n) is 6.18. The highest BCUT2D eigenvalue weighted by molar-refractivity contribution is 5.88. The number of likely N-dealkylation sites (tertiary alicyclic amines) is 1. The molecule has 1 unspecified atom stereocenters. The smallest absolute Gasteiger partial charge is 0.306 e. The zero-order valence-corrected chi connectivity index (χ0v) is 20.6. The molecule has 7 heteroatoms. The molecule has 2 aromatic rings. The third-order valence-electron chi connectivity index (χ3n) is 8.07. The first-order valence-electron chi connectivity index (χ1n) is 12.7. The molecule has 0 radical (unpaired) electrons. The van der Waals surface area contributed by atoms with Crippen molar-refractivity contribution in [3.05, 3.63) is 71.3 Å². The molecule has 0 N–H and O–H groups in total. The molecule has 1 heterocycles. The van der Waals surface area contributed by atoms with Crippen molar-refractivity contribution in [2.75, 3.05) is 19.7 Å². The van der Waals surface area contributed by atoms with E-state index in [0.717, 1.165) is 43.4 Å². The van der Waals surface area contributed by atoms with Crippen molar-refractivity contribution in [1.29, 1.82) is 5.26 Å². The maximum atomic E-state index is 14.8. The number of rotatable bonds is 7. The quantitative estimate of drug-likeness (QED) is 0.467. The van der Waals surface area contributed by atoms with Gasteiger partial charge in [-0.1, -0.05) is 49.2 Å². The van der Waals surface area contributed by atoms with Crippen LogP contribution < -0.4 is 0 Å². The lowest BCUT2D eigenvalue weighted by atomic mass is 9.64. The lowest BCUT2D eigenvalue weighted by Crippen LogP contribution is -2.52. The van der Waals surface area contributed by atoms with E-state index >= 15 is 0 Å². The fraction of sp³-hybridized carbons (Fsp3) is 0.483. The Bertz CT molecular complexity index is 1110. The summed E-state index contributed by atoms with van der Waals surface area (Å²) in [5.74, 6) is -3.25. The van der Waals surface area contributed by atoms with E-state index < -0.39 is 34.4 Å². The zero-order valence-electron chi connectivity index (χ0n) is 20.6. The van der Waals surface area contributed by atoms with E-state index in [4.69, 9.17) is 4.74 Å². The van der Waals surface area contributed by atoms with E-state index in [2.05, 4.69) is 6.07 Å². The Kier molecular flexibility index (Phi) is 7.73. The van der Waals surface area contributed by atoms with Crippen molar-refractivity contribution in [2.45, 2.75) is 63.2 Å². The normalized spacial score (nSPS) is 19.3. The molecule has 4 rings (SSSR count). The number of carbonyl (C=O) groups excluding carboxylic acids is 2. The molecule has 1 atom stereocenters. The van der Waals surface area contributed by atoms with Gasteiger partial charge in [-0.15, -0.1) is 0 Å². The van der Waals surface area contributed by atoms with Crippen LogP contribution in [-0.2, 0) is 19.7 Å². The molecule has 1 saturated heterocycles. The fourth-order valence-corrected chi connectivity index (χ4v) is 6.18. The van der Waals surface area contributed by atoms with Gasteiger partial charge < -0.3 is 9.64 Å². The zero-order chi connectivity index (χ0) is 25.8. The number of benzene rings is 2. The average Bonchev–Trinajstić information content (AvgIpc) is 3.38. The molecule has 2 aromatic carbocycles. The van der Waals surface area contributed by atoms with Gasteiger partial charge in [0.25, 0.3) is 0 Å². The highest BCUT2D eigenvalue weighted by atomic mass is 19.1. The topological polar surface area (TPSA) is 70.4 Å². The van der Waals surface area contributed by atoms with Gasteiger partial charge in [0.15, 0.2) is 0 Å². The maximum absolute atomic E-state index is 14.8. The molecule has 1 saturated carbocycles. The maximum Gasteiger partial charge on any atom is 0.306 e. The van der Waals surface area contributed by atoms with Gasteiger partial charge in [-0.05, 0) is 50.3 Å². The Balaban J connectivity index is 1.64. The number of carbonyl (C=O) groups is 2. The number of nitrogens with zero attached hydrogens (tertiary/aromatic N) is 2. The van der Waals surface area contributed by atoms with Crippen molar-refractivity contribution in [1.82, 2.24) is 4.90 Å². The van der Waals surface area contributed by atoms with Gasteiger partial charge in [0.1, 0.15) is 11.6 Å². The minimum atomic E-state index is -1.19. The summed E-state index contributed by atoms with van der Waals surface area (Å²) in [4.78, 5) is 28.3. The van der Waals surface area contributed by atoms with Crippen LogP contribution in [0.4, 0.5) is 8.78 Å². The Morgan fingerprint density at radius 3 is 2.17 bits per heavy atom. The van der Waals surface area contributed by atoms with E-state index in [1.165, 1.54) is 6.07 Å². The number of nitriles is 1. The van der Waals surface area contributed by atoms with Gasteiger partial charge >= 0.3 is 5.97 Å². The molecular formula is C29H32F2N2O3. The summed E-state index contributed by atoms with van der Waals surface area (Å²) in [6.45, 7) is 2.47. The summed E-state index contributed by atoms with van der Waals surface area (Å²) >= 11 is 0. The minimum Gasteiger partial charge on any atom is -0.466 e. The van der Waals surface area contributed by atoms with Crippen molar-refractivity contribution in [3.8, 4) is 6.07 Å². The van der Waals surface area contributed by atoms with Crippen LogP contribution in [0.2, 0.25) is 0 Å². The second kappa shape index (κ2) is 10.8. The van der Waals surface area contributed by atoms with E-state index in [9.17, 15) is 23.6 Å². The summed E-state index contributed by atoms with van der Waals surface area (Å²) in [7, 11) is 0. The molecule has 2 fully saturated rings. The minimum absolute atomic E-state index is 0.0570. The molecule has 1 aliphatic carbocycles. The van der Waals surface area contributed by atoms with E-state index in [1.807, 2.05) is 35.2 Å². The van der Waals surface area contributed by atoms with Crippen LogP contribution in [0.5, 0.6) is 0 Å². The molecule has 0 bridgehead atoms. The summed E-state index contributed by atoms with van der Waals surface area (Å²) < 4.78 is 34.7. The highest BCUT2D eigenvalue weighted by Gasteiger charge is 2.50. The first-order valence-corrected chi connectivity index (χ1v) is 12.7. The molecule has 2 aliphatic rings. The standard InChI is InChI=1S/C29H32F2N2O3/c1-2-36-25(34)19-28(22(20-32)26-23(30)11-8-12-24(26)31)15-17-33(18-16-28)27(35)29(13-6-7-14-29)21-9-4-3-5-10-21/h3-5,8-12,22H,2,6-7,13-19H2,1H3. The first-order chi connectivity index (χ1) is 17.4. The lowest BCUT2D eigenvalue weighted by Gasteiger charge is -2.46. The van der Waals surface area contributed by atoms with Crippen molar-refractivity contribution < 1.29 is 23.1 Å². The second-order valence-electron chi connectivity index (χ2n) is 9.99. The molecular weight excluding hydrogens is 462 g/mol. The Morgan fingerprint density at radius 1 is 1.00 bits per heavy atom. The largest absolute Gasteiger partial charge is 0.466 e. The molecule has 36 heavy (non-hydrogen) atoms. The predicted octanol–water partition coefficient (Wildman–Crippen LogP) is 5.65. The SMILES string of the molecule is CCOC(=O)CC1(C(C#N)c2c(F)cccc2F)CCN(C(=O)C2(c3ccccc3)CCCC2)CC1. The van der Waals surface area contributed by atoms with Crippen LogP contribution in [0.15, 0.2) is 48.5 Å². The monoisotopic (exact) mass is 494 g/mol. The van der Waals surface area contributed by atoms with Crippen molar-refractivity contribution in [2.24, 2.45) is 5.41 Å². The van der Waals surface area contributed by atoms with Crippen LogP contribution >= 0.6 is 0 Å². The number of esters is 1. The molecule has 190 valence electrons. The number of hydrogen-bond donors (Lipinski definition) is 0. The van der Waals surface area contributed by atoms with Crippen LogP contribution in [0.25, 0.3) is 0 Å². The average molecular weight is 495 g/mol. The van der Waals surface area contributed by atoms with E-state index in [-0.39, 0.29) is 37.3 Å². The molecule has 1 aliphatic heterocycles. The Labute approximate surface area is 211 Å². The van der Waals surface area contributed by atoms with Crippen molar-refractivity contribution >= 4 is 11.9 Å². The van der Waals surface area contributed by atoms with Crippen molar-refractivity contribution in [3.63, 3.8) is 0 Å². The number of amides is 1. The molecule has 1 amide bonds. The highest BCUT2D eigenvalue weighted by Crippen LogP contribution is 2.50. The van der Waals surface area contributed by atoms with Crippen LogP contribution in [0.3, 0.4) is 0 Å². The summed E-state index contributed by atoms with van der Waals surface area (Å²) in [6, 6.07) is 15.5. The summed E-state index contributed by atoms with van der Waals surface area (Å²) in [5.41, 5.74) is -0.926. The van der Waals surface area contributed by atoms with Gasteiger partial charge in [0.2, 0.25) is 5.91 Å². The summed E-state index contributed by atoms with van der Waals surface area (Å²) in [5, 5.41) is 10.1. The van der Waals surface area contributed by atoms with Crippen LogP contribution in [-0.4, -0.2) is 36.5 Å². The van der Waals surface area contributed by atoms with Gasteiger partial charge in [-0.3, -0.25) is 9.59 Å². The molecule has 0 spiro atoms. The van der Waals surface area contributed by atoms with E-state index in [0.29, 0.717) is 13.1 Å². The first kappa shape index (κ1) is 25.8. The number of piperidine rings is 1. The van der Waals surface area contributed by atoms with Crippen LogP contribution in [0, 0.1) is 28.4 Å². The third kappa shape index (κ3) is 4.74. The van der Waals surface area contributed by atoms with Gasteiger partial charge in [0.05, 0.1) is 30.4 Å². The van der Waals surface area contributed by atoms with Gasteiger partial charge in [0, 0.05) is 24.1 Å². The van der Waals surface area contributed by atoms with Crippen LogP contribution in [0.1, 0.15) is 68.9 Å². The lowest BCUT2D eigenvalue weighted by molar-refractivity contribution is -0.148. The second-order valence-corrected chi connectivity index (χ2v) is 9.99. The number of halogens is 2. The Hall–Kier alpha value is -3.27. The molecule has 5 nitrogen and oxygen atoms in total. The number of hydrogen-bond acceptors (Lipinski definition) is 4. The predicted molar refractivity (Wildman–Crippen MR) is 131 cm³/mol.